The minimum Gasteiger partial charge on any atom is -0.406 e. The number of imidazole rings is 1. The largest absolute Gasteiger partial charge is 0.573 e. The monoisotopic (exact) mass is 393 g/mol. The lowest BCUT2D eigenvalue weighted by Gasteiger charge is -2.36. The first-order valence-electron chi connectivity index (χ1n) is 10.2. The number of rotatable bonds is 6. The third-order valence-electron chi connectivity index (χ3n) is 5.92. The molecule has 2 fully saturated rings. The third kappa shape index (κ3) is 4.69. The molecule has 0 amide bonds. The molecular formula is C21H26F3N3O. The maximum atomic E-state index is 12.3. The number of aromatic amines is 1. The molecule has 2 saturated carbocycles. The Hall–Kier alpha value is -2.02. The number of H-pyrrole nitrogens is 1. The summed E-state index contributed by atoms with van der Waals surface area (Å²) >= 11 is 0. The molecule has 1 aromatic heterocycles. The first kappa shape index (κ1) is 19.3. The van der Waals surface area contributed by atoms with Crippen LogP contribution in [0.3, 0.4) is 0 Å². The van der Waals surface area contributed by atoms with Crippen molar-refractivity contribution in [1.82, 2.24) is 15.3 Å². The van der Waals surface area contributed by atoms with Crippen molar-refractivity contribution in [2.45, 2.75) is 69.8 Å². The lowest BCUT2D eigenvalue weighted by atomic mass is 9.82. The summed E-state index contributed by atoms with van der Waals surface area (Å²) in [6.45, 7) is 0. The highest BCUT2D eigenvalue weighted by Gasteiger charge is 2.32. The van der Waals surface area contributed by atoms with Gasteiger partial charge in [0.25, 0.3) is 0 Å². The van der Waals surface area contributed by atoms with Crippen LogP contribution in [0.1, 0.15) is 63.2 Å². The van der Waals surface area contributed by atoms with Crippen LogP contribution in [0.4, 0.5) is 13.2 Å². The first-order chi connectivity index (χ1) is 13.5. The summed E-state index contributed by atoms with van der Waals surface area (Å²) in [5.41, 5.74) is 1.51. The molecule has 0 unspecified atom stereocenters. The van der Waals surface area contributed by atoms with Gasteiger partial charge in [-0.15, -0.1) is 13.2 Å². The molecule has 2 aromatic rings. The van der Waals surface area contributed by atoms with Gasteiger partial charge in [0.2, 0.25) is 0 Å². The van der Waals surface area contributed by atoms with Crippen molar-refractivity contribution in [2.75, 3.05) is 0 Å². The number of hydrogen-bond donors (Lipinski definition) is 2. The smallest absolute Gasteiger partial charge is 0.406 e. The molecular weight excluding hydrogens is 367 g/mol. The Morgan fingerprint density at radius 2 is 1.71 bits per heavy atom. The number of alkyl halides is 3. The normalized spacial score (nSPS) is 20.0. The summed E-state index contributed by atoms with van der Waals surface area (Å²) in [7, 11) is 0. The van der Waals surface area contributed by atoms with E-state index in [0.29, 0.717) is 12.0 Å². The quantitative estimate of drug-likeness (QED) is 0.658. The Morgan fingerprint density at radius 3 is 2.32 bits per heavy atom. The maximum Gasteiger partial charge on any atom is 0.573 e. The summed E-state index contributed by atoms with van der Waals surface area (Å²) in [6, 6.07) is 6.64. The van der Waals surface area contributed by atoms with Crippen LogP contribution in [0.2, 0.25) is 0 Å². The van der Waals surface area contributed by atoms with Crippen molar-refractivity contribution < 1.29 is 17.9 Å². The fourth-order valence-corrected chi connectivity index (χ4v) is 4.21. The average molecular weight is 393 g/mol. The van der Waals surface area contributed by atoms with Gasteiger partial charge in [0.1, 0.15) is 11.6 Å². The number of aromatic nitrogens is 2. The van der Waals surface area contributed by atoms with Crippen LogP contribution >= 0.6 is 0 Å². The Balaban J connectivity index is 1.50. The second kappa shape index (κ2) is 8.15. The maximum absolute atomic E-state index is 12.3. The van der Waals surface area contributed by atoms with Crippen molar-refractivity contribution in [2.24, 2.45) is 5.92 Å². The van der Waals surface area contributed by atoms with Gasteiger partial charge in [-0.1, -0.05) is 25.7 Å². The summed E-state index contributed by atoms with van der Waals surface area (Å²) in [4.78, 5) is 8.11. The minimum absolute atomic E-state index is 0.215. The molecule has 1 aromatic carbocycles. The number of ether oxygens (including phenoxy) is 1. The molecule has 0 bridgehead atoms. The van der Waals surface area contributed by atoms with Crippen LogP contribution in [-0.2, 0) is 0 Å². The van der Waals surface area contributed by atoms with Crippen LogP contribution in [0.5, 0.6) is 5.75 Å². The van der Waals surface area contributed by atoms with Crippen LogP contribution in [-0.4, -0.2) is 22.4 Å². The van der Waals surface area contributed by atoms with Gasteiger partial charge in [0.05, 0.1) is 11.7 Å². The zero-order chi connectivity index (χ0) is 19.6. The van der Waals surface area contributed by atoms with Gasteiger partial charge < -0.3 is 15.0 Å². The van der Waals surface area contributed by atoms with Crippen molar-refractivity contribution in [3.8, 4) is 17.0 Å². The fourth-order valence-electron chi connectivity index (χ4n) is 4.21. The van der Waals surface area contributed by atoms with Crippen LogP contribution in [0.25, 0.3) is 11.3 Å². The van der Waals surface area contributed by atoms with Gasteiger partial charge in [-0.3, -0.25) is 0 Å². The molecule has 2 aliphatic rings. The summed E-state index contributed by atoms with van der Waals surface area (Å²) in [5, 5.41) is 3.80. The van der Waals surface area contributed by atoms with Crippen LogP contribution < -0.4 is 10.1 Å². The van der Waals surface area contributed by atoms with E-state index in [-0.39, 0.29) is 11.8 Å². The van der Waals surface area contributed by atoms with E-state index in [1.54, 1.807) is 12.1 Å². The Bertz CT molecular complexity index is 762. The number of benzene rings is 1. The average Bonchev–Trinajstić information content (AvgIpc) is 3.11. The van der Waals surface area contributed by atoms with E-state index in [4.69, 9.17) is 4.98 Å². The van der Waals surface area contributed by atoms with Crippen LogP contribution in [0, 0.1) is 5.92 Å². The highest BCUT2D eigenvalue weighted by Crippen LogP contribution is 2.36. The standard InChI is InChI=1S/C21H26F3N3O/c22-21(23,24)28-17-11-9-14(10-12-17)18-13-25-20(27-18)19(26-16-7-4-8-16)15-5-2-1-3-6-15/h9-13,15-16,19,26H,1-8H2,(H,25,27)/t19-/m0/s1. The number of nitrogens with zero attached hydrogens (tertiary/aromatic N) is 1. The predicted molar refractivity (Wildman–Crippen MR) is 101 cm³/mol. The summed E-state index contributed by atoms with van der Waals surface area (Å²) < 4.78 is 40.9. The van der Waals surface area contributed by atoms with Crippen molar-refractivity contribution in [3.63, 3.8) is 0 Å². The summed E-state index contributed by atoms with van der Waals surface area (Å²) in [5.74, 6) is 1.29. The van der Waals surface area contributed by atoms with Gasteiger partial charge in [-0.2, -0.15) is 0 Å². The van der Waals surface area contributed by atoms with E-state index in [9.17, 15) is 13.2 Å². The van der Waals surface area contributed by atoms with Crippen molar-refractivity contribution in [1.29, 1.82) is 0 Å². The second-order valence-corrected chi connectivity index (χ2v) is 7.91. The van der Waals surface area contributed by atoms with Gasteiger partial charge in [-0.25, -0.2) is 4.98 Å². The highest BCUT2D eigenvalue weighted by atomic mass is 19.4. The Kier molecular flexibility index (Phi) is 5.62. The van der Waals surface area contributed by atoms with Gasteiger partial charge in [-0.05, 0) is 55.9 Å². The number of halogens is 3. The number of nitrogens with one attached hydrogen (secondary N) is 2. The molecule has 1 heterocycles. The topological polar surface area (TPSA) is 49.9 Å². The molecule has 28 heavy (non-hydrogen) atoms. The van der Waals surface area contributed by atoms with E-state index in [0.717, 1.165) is 17.1 Å². The molecule has 4 nitrogen and oxygen atoms in total. The minimum atomic E-state index is -4.68. The SMILES string of the molecule is FC(F)(F)Oc1ccc(-c2c[nH]c([C@@H](NC3CCC3)C3CCCCC3)n2)cc1. The molecule has 7 heteroatoms. The van der Waals surface area contributed by atoms with Gasteiger partial charge in [0.15, 0.2) is 0 Å². The highest BCUT2D eigenvalue weighted by molar-refractivity contribution is 5.59. The predicted octanol–water partition coefficient (Wildman–Crippen LogP) is 5.74. The lowest BCUT2D eigenvalue weighted by molar-refractivity contribution is -0.274. The van der Waals surface area contributed by atoms with E-state index < -0.39 is 6.36 Å². The van der Waals surface area contributed by atoms with Crippen LogP contribution in [0.15, 0.2) is 30.5 Å². The Morgan fingerprint density at radius 1 is 1.00 bits per heavy atom. The lowest BCUT2D eigenvalue weighted by Crippen LogP contribution is -2.41. The molecule has 152 valence electrons. The molecule has 0 aliphatic heterocycles. The van der Waals surface area contributed by atoms with Gasteiger partial charge in [0, 0.05) is 17.8 Å². The Labute approximate surface area is 162 Å². The third-order valence-corrected chi connectivity index (χ3v) is 5.92. The molecule has 2 N–H and O–H groups in total. The van der Waals surface area contributed by atoms with Gasteiger partial charge >= 0.3 is 6.36 Å². The molecule has 0 spiro atoms. The van der Waals surface area contributed by atoms with E-state index in [1.165, 1.54) is 63.5 Å². The molecule has 0 radical (unpaired) electrons. The van der Waals surface area contributed by atoms with Crippen molar-refractivity contribution in [3.05, 3.63) is 36.3 Å². The second-order valence-electron chi connectivity index (χ2n) is 7.91. The molecule has 2 aliphatic carbocycles. The fraction of sp³-hybridized carbons (Fsp3) is 0.571. The molecule has 0 saturated heterocycles. The van der Waals surface area contributed by atoms with Crippen molar-refractivity contribution >= 4 is 0 Å². The zero-order valence-electron chi connectivity index (χ0n) is 15.8. The van der Waals surface area contributed by atoms with E-state index in [2.05, 4.69) is 15.0 Å². The molecule has 1 atom stereocenters. The zero-order valence-corrected chi connectivity index (χ0v) is 15.8. The molecule has 4 rings (SSSR count). The van der Waals surface area contributed by atoms with E-state index in [1.807, 2.05) is 6.20 Å². The van der Waals surface area contributed by atoms with E-state index >= 15 is 0 Å². The summed E-state index contributed by atoms with van der Waals surface area (Å²) in [6.07, 6.45) is 7.15. The first-order valence-corrected chi connectivity index (χ1v) is 10.2. The number of hydrogen-bond acceptors (Lipinski definition) is 3.